The van der Waals surface area contributed by atoms with Gasteiger partial charge in [0.25, 0.3) is 0 Å². The zero-order valence-electron chi connectivity index (χ0n) is 14.6. The van der Waals surface area contributed by atoms with Crippen LogP contribution in [0.25, 0.3) is 0 Å². The maximum absolute atomic E-state index is 7.09. The van der Waals surface area contributed by atoms with E-state index in [1.807, 2.05) is 18.3 Å². The largest absolute Gasteiger partial charge is 0.330 e. The molecular formula is C17H25ClIN7. The first-order valence-corrected chi connectivity index (χ1v) is 10.2. The quantitative estimate of drug-likeness (QED) is 0.260. The number of nitrogens with zero attached hydrogens (tertiary/aromatic N) is 3. The van der Waals surface area contributed by atoms with Crippen molar-refractivity contribution in [2.75, 3.05) is 31.1 Å². The summed E-state index contributed by atoms with van der Waals surface area (Å²) >= 11 is 9.56. The normalized spacial score (nSPS) is 28.0. The van der Waals surface area contributed by atoms with Gasteiger partial charge in [0.2, 0.25) is 0 Å². The van der Waals surface area contributed by atoms with Gasteiger partial charge in [0.05, 0.1) is 15.3 Å². The predicted octanol–water partition coefficient (Wildman–Crippen LogP) is 1.27. The van der Waals surface area contributed by atoms with E-state index in [0.717, 1.165) is 35.9 Å². The molecule has 0 fully saturated rings. The Balaban J connectivity index is 2.12. The Morgan fingerprint density at radius 2 is 2.00 bits per heavy atom. The molecule has 0 amide bonds. The number of halogens is 2. The number of amidine groups is 1. The number of alkyl halides is 2. The van der Waals surface area contributed by atoms with E-state index >= 15 is 0 Å². The van der Waals surface area contributed by atoms with Crippen molar-refractivity contribution >= 4 is 45.7 Å². The molecule has 0 saturated carbocycles. The fourth-order valence-electron chi connectivity index (χ4n) is 3.64. The summed E-state index contributed by atoms with van der Waals surface area (Å²) in [6.45, 7) is 2.26. The highest BCUT2D eigenvalue weighted by Gasteiger charge is 2.53. The minimum atomic E-state index is -0.882. The number of nitrogens with two attached hydrogens (primary N) is 3. The summed E-state index contributed by atoms with van der Waals surface area (Å²) < 4.78 is -0.237. The average molecular weight is 490 g/mol. The summed E-state index contributed by atoms with van der Waals surface area (Å²) in [5.41, 5.74) is 19.6. The standard InChI is InChI=1S/C17H25ClIN7/c18-17(5-8-22)14-15(24-13(25-17)3-6-20)26(11-16(14,19)4-7-21)12-2-1-9-23-10-12/h1-2,9-10H,3-8,11,20-22H2,(H,24,25). The van der Waals surface area contributed by atoms with Crippen LogP contribution in [0.15, 0.2) is 40.9 Å². The van der Waals surface area contributed by atoms with Crippen LogP contribution in [0.1, 0.15) is 19.3 Å². The van der Waals surface area contributed by atoms with Crippen LogP contribution in [0.3, 0.4) is 0 Å². The Bertz CT molecular complexity index is 710. The first-order chi connectivity index (χ1) is 12.5. The Kier molecular flexibility index (Phi) is 6.07. The highest BCUT2D eigenvalue weighted by molar-refractivity contribution is 14.1. The molecule has 2 aliphatic heterocycles. The van der Waals surface area contributed by atoms with Crippen LogP contribution in [-0.4, -0.2) is 45.4 Å². The van der Waals surface area contributed by atoms with Gasteiger partial charge in [-0.3, -0.25) is 4.98 Å². The number of hydrogen-bond donors (Lipinski definition) is 4. The monoisotopic (exact) mass is 489 g/mol. The molecule has 26 heavy (non-hydrogen) atoms. The molecule has 0 spiro atoms. The minimum absolute atomic E-state index is 0.237. The maximum atomic E-state index is 7.09. The fourth-order valence-corrected chi connectivity index (χ4v) is 5.63. The SMILES string of the molecule is NCCC1=NC(Cl)(CCN)C2=C(N1)N(c1cccnc1)CC2(I)CCN. The molecule has 9 heteroatoms. The van der Waals surface area contributed by atoms with Crippen molar-refractivity contribution in [3.63, 3.8) is 0 Å². The number of rotatable bonds is 7. The maximum Gasteiger partial charge on any atom is 0.163 e. The highest BCUT2D eigenvalue weighted by Crippen LogP contribution is 2.52. The molecular weight excluding hydrogens is 465 g/mol. The fraction of sp³-hybridized carbons (Fsp3) is 0.529. The number of pyridine rings is 1. The molecule has 0 saturated heterocycles. The molecule has 1 aromatic heterocycles. The molecule has 3 rings (SSSR count). The number of hydrogen-bond acceptors (Lipinski definition) is 7. The summed E-state index contributed by atoms with van der Waals surface area (Å²) in [6.07, 6.45) is 5.60. The van der Waals surface area contributed by atoms with Gasteiger partial charge in [-0.05, 0) is 38.2 Å². The molecule has 0 bridgehead atoms. The average Bonchev–Trinajstić information content (AvgIpc) is 2.90. The summed E-state index contributed by atoms with van der Waals surface area (Å²) in [4.78, 5) is 10.4. The van der Waals surface area contributed by atoms with E-state index < -0.39 is 5.00 Å². The van der Waals surface area contributed by atoms with Crippen LogP contribution in [0.5, 0.6) is 0 Å². The van der Waals surface area contributed by atoms with Gasteiger partial charge in [0.15, 0.2) is 5.00 Å². The second kappa shape index (κ2) is 7.97. The van der Waals surface area contributed by atoms with Gasteiger partial charge in [-0.15, -0.1) is 0 Å². The van der Waals surface area contributed by atoms with Crippen LogP contribution in [-0.2, 0) is 0 Å². The predicted molar refractivity (Wildman–Crippen MR) is 116 cm³/mol. The van der Waals surface area contributed by atoms with Crippen molar-refractivity contribution in [1.82, 2.24) is 10.3 Å². The van der Waals surface area contributed by atoms with Gasteiger partial charge in [-0.2, -0.15) is 0 Å². The van der Waals surface area contributed by atoms with Crippen LogP contribution < -0.4 is 27.4 Å². The van der Waals surface area contributed by atoms with Gasteiger partial charge in [-0.25, -0.2) is 4.99 Å². The minimum Gasteiger partial charge on any atom is -0.330 e. The Morgan fingerprint density at radius 1 is 1.23 bits per heavy atom. The summed E-state index contributed by atoms with van der Waals surface area (Å²) in [5, 5.41) is 3.47. The van der Waals surface area contributed by atoms with E-state index in [-0.39, 0.29) is 3.42 Å². The number of aromatic nitrogens is 1. The van der Waals surface area contributed by atoms with E-state index in [1.165, 1.54) is 0 Å². The van der Waals surface area contributed by atoms with Crippen molar-refractivity contribution in [3.8, 4) is 0 Å². The lowest BCUT2D eigenvalue weighted by Gasteiger charge is -2.37. The number of aliphatic imine (C=N–C) groups is 1. The van der Waals surface area contributed by atoms with E-state index in [2.05, 4.69) is 37.8 Å². The Labute approximate surface area is 172 Å². The highest BCUT2D eigenvalue weighted by atomic mass is 127. The number of nitrogens with one attached hydrogen (secondary N) is 1. The van der Waals surface area contributed by atoms with Gasteiger partial charge in [0, 0.05) is 31.2 Å². The topological polar surface area (TPSA) is 119 Å². The molecule has 0 radical (unpaired) electrons. The van der Waals surface area contributed by atoms with Gasteiger partial charge in [0.1, 0.15) is 11.7 Å². The third-order valence-electron chi connectivity index (χ3n) is 4.68. The van der Waals surface area contributed by atoms with Crippen molar-refractivity contribution < 1.29 is 0 Å². The molecule has 2 atom stereocenters. The second-order valence-electron chi connectivity index (χ2n) is 6.55. The van der Waals surface area contributed by atoms with Crippen molar-refractivity contribution in [2.45, 2.75) is 27.7 Å². The van der Waals surface area contributed by atoms with Gasteiger partial charge in [-0.1, -0.05) is 34.2 Å². The Hall–Kier alpha value is -0.940. The first-order valence-electron chi connectivity index (χ1n) is 8.74. The zero-order valence-corrected chi connectivity index (χ0v) is 17.5. The lowest BCUT2D eigenvalue weighted by Crippen LogP contribution is -2.44. The third kappa shape index (κ3) is 3.57. The Morgan fingerprint density at radius 3 is 2.62 bits per heavy atom. The molecule has 7 N–H and O–H groups in total. The molecule has 0 aromatic carbocycles. The van der Waals surface area contributed by atoms with Gasteiger partial charge >= 0.3 is 0 Å². The lowest BCUT2D eigenvalue weighted by atomic mass is 9.89. The molecule has 7 nitrogen and oxygen atoms in total. The molecule has 2 aliphatic rings. The van der Waals surface area contributed by atoms with Crippen LogP contribution in [0.4, 0.5) is 5.69 Å². The van der Waals surface area contributed by atoms with Crippen LogP contribution >= 0.6 is 34.2 Å². The summed E-state index contributed by atoms with van der Waals surface area (Å²) in [6, 6.07) is 3.97. The zero-order chi connectivity index (χ0) is 18.8. The summed E-state index contributed by atoms with van der Waals surface area (Å²) in [7, 11) is 0. The molecule has 3 heterocycles. The van der Waals surface area contributed by atoms with Crippen molar-refractivity contribution in [3.05, 3.63) is 35.9 Å². The lowest BCUT2D eigenvalue weighted by molar-refractivity contribution is 0.553. The van der Waals surface area contributed by atoms with Crippen molar-refractivity contribution in [2.24, 2.45) is 22.2 Å². The molecule has 1 aromatic rings. The van der Waals surface area contributed by atoms with E-state index in [1.54, 1.807) is 6.20 Å². The smallest absolute Gasteiger partial charge is 0.163 e. The van der Waals surface area contributed by atoms with E-state index in [9.17, 15) is 0 Å². The molecule has 0 aliphatic carbocycles. The third-order valence-corrected chi connectivity index (χ3v) is 6.56. The van der Waals surface area contributed by atoms with Crippen LogP contribution in [0.2, 0.25) is 0 Å². The van der Waals surface area contributed by atoms with E-state index in [0.29, 0.717) is 32.5 Å². The second-order valence-corrected chi connectivity index (χ2v) is 9.24. The van der Waals surface area contributed by atoms with Gasteiger partial charge < -0.3 is 27.4 Å². The molecule has 2 unspecified atom stereocenters. The van der Waals surface area contributed by atoms with E-state index in [4.69, 9.17) is 33.8 Å². The van der Waals surface area contributed by atoms with Crippen molar-refractivity contribution in [1.29, 1.82) is 0 Å². The summed E-state index contributed by atoms with van der Waals surface area (Å²) in [5.74, 6) is 1.75. The number of anilines is 1. The molecule has 142 valence electrons. The van der Waals surface area contributed by atoms with Crippen LogP contribution in [0, 0.1) is 0 Å². The first kappa shape index (κ1) is 19.8.